The molecule has 0 atom stereocenters. The third-order valence-corrected chi connectivity index (χ3v) is 7.88. The molecule has 0 saturated heterocycles. The highest BCUT2D eigenvalue weighted by atomic mass is 32.2. The lowest BCUT2D eigenvalue weighted by atomic mass is 10.1. The van der Waals surface area contributed by atoms with Gasteiger partial charge in [0, 0.05) is 5.56 Å². The molecule has 1 aliphatic rings. The molecule has 1 heterocycles. The van der Waals surface area contributed by atoms with E-state index in [0.29, 0.717) is 16.9 Å². The van der Waals surface area contributed by atoms with Gasteiger partial charge in [-0.05, 0) is 48.4 Å². The van der Waals surface area contributed by atoms with Crippen LogP contribution >= 0.6 is 0 Å². The van der Waals surface area contributed by atoms with E-state index < -0.39 is 28.4 Å². The van der Waals surface area contributed by atoms with Gasteiger partial charge in [-0.25, -0.2) is 13.8 Å². The summed E-state index contributed by atoms with van der Waals surface area (Å²) in [4.78, 5) is 25.3. The Kier molecular flexibility index (Phi) is 6.76. The highest BCUT2D eigenvalue weighted by molar-refractivity contribution is 7.92. The number of amides is 2. The van der Waals surface area contributed by atoms with Crippen molar-refractivity contribution in [2.45, 2.75) is 11.8 Å². The van der Waals surface area contributed by atoms with Crippen molar-refractivity contribution in [3.63, 3.8) is 0 Å². The normalized spacial score (nSPS) is 13.6. The second-order valence-corrected chi connectivity index (χ2v) is 10.6. The van der Waals surface area contributed by atoms with Crippen molar-refractivity contribution in [3.05, 3.63) is 114 Å². The number of nitrogens with zero attached hydrogens (tertiary/aromatic N) is 2. The van der Waals surface area contributed by atoms with E-state index in [0.717, 1.165) is 21.0 Å². The molecule has 2 amide bonds. The van der Waals surface area contributed by atoms with Gasteiger partial charge in [0.25, 0.3) is 21.8 Å². The molecule has 1 aliphatic heterocycles. The summed E-state index contributed by atoms with van der Waals surface area (Å²) in [7, 11) is -4.11. The van der Waals surface area contributed by atoms with Crippen molar-refractivity contribution in [3.8, 4) is 11.1 Å². The number of aryl methyl sites for hydroxylation is 1. The number of nitrogens with one attached hydrogen (secondary N) is 2. The molecule has 0 radical (unpaired) electrons. The van der Waals surface area contributed by atoms with Crippen molar-refractivity contribution in [1.82, 2.24) is 5.43 Å². The smallest absolute Gasteiger partial charge is 0.276 e. The Morgan fingerprint density at radius 3 is 2.18 bits per heavy atom. The van der Waals surface area contributed by atoms with Crippen LogP contribution in [-0.4, -0.2) is 32.5 Å². The zero-order valence-corrected chi connectivity index (χ0v) is 21.3. The topological polar surface area (TPSA) is 108 Å². The Hall–Kier alpha value is -4.76. The van der Waals surface area contributed by atoms with Gasteiger partial charge in [0.2, 0.25) is 0 Å². The highest BCUT2D eigenvalue weighted by Gasteiger charge is 2.29. The van der Waals surface area contributed by atoms with Crippen molar-refractivity contribution >= 4 is 38.9 Å². The predicted molar refractivity (Wildman–Crippen MR) is 147 cm³/mol. The van der Waals surface area contributed by atoms with E-state index >= 15 is 0 Å². The van der Waals surface area contributed by atoms with Gasteiger partial charge in [-0.15, -0.1) is 0 Å². The summed E-state index contributed by atoms with van der Waals surface area (Å²) in [6.45, 7) is 1.35. The van der Waals surface area contributed by atoms with Crippen LogP contribution in [0.25, 0.3) is 11.1 Å². The average molecular weight is 525 g/mol. The minimum absolute atomic E-state index is 0.0426. The van der Waals surface area contributed by atoms with Gasteiger partial charge >= 0.3 is 0 Å². The molecule has 0 unspecified atom stereocenters. The Bertz CT molecular complexity index is 1630. The van der Waals surface area contributed by atoms with Crippen LogP contribution in [-0.2, 0) is 19.6 Å². The summed E-state index contributed by atoms with van der Waals surface area (Å²) in [5.41, 5.74) is 6.65. The van der Waals surface area contributed by atoms with Crippen molar-refractivity contribution in [1.29, 1.82) is 0 Å². The molecular formula is C29H24N4O4S. The fourth-order valence-corrected chi connectivity index (χ4v) is 5.52. The third-order valence-electron chi connectivity index (χ3n) is 6.10. The molecule has 0 fully saturated rings. The van der Waals surface area contributed by atoms with Crippen LogP contribution in [0.2, 0.25) is 0 Å². The summed E-state index contributed by atoms with van der Waals surface area (Å²) >= 11 is 0. The lowest BCUT2D eigenvalue weighted by Crippen LogP contribution is -2.40. The van der Waals surface area contributed by atoms with Crippen LogP contribution in [0.3, 0.4) is 0 Å². The summed E-state index contributed by atoms with van der Waals surface area (Å²) in [5.74, 6) is -1.15. The number of fused-ring (bicyclic) bond motifs is 1. The van der Waals surface area contributed by atoms with E-state index in [4.69, 9.17) is 0 Å². The lowest BCUT2D eigenvalue weighted by Gasteiger charge is -2.24. The number of hydrazone groups is 1. The molecule has 0 saturated carbocycles. The average Bonchev–Trinajstić information content (AvgIpc) is 3.26. The van der Waals surface area contributed by atoms with Crippen molar-refractivity contribution < 1.29 is 18.0 Å². The predicted octanol–water partition coefficient (Wildman–Crippen LogP) is 4.33. The fourth-order valence-electron chi connectivity index (χ4n) is 4.10. The van der Waals surface area contributed by atoms with Crippen LogP contribution in [0.15, 0.2) is 113 Å². The van der Waals surface area contributed by atoms with Crippen LogP contribution in [0.5, 0.6) is 0 Å². The maximum absolute atomic E-state index is 13.7. The van der Waals surface area contributed by atoms with Gasteiger partial charge in [0.1, 0.15) is 6.54 Å². The fraction of sp³-hybridized carbons (Fsp3) is 0.0690. The van der Waals surface area contributed by atoms with E-state index in [1.165, 1.54) is 12.1 Å². The van der Waals surface area contributed by atoms with Gasteiger partial charge in [-0.2, -0.15) is 5.10 Å². The number of anilines is 2. The molecular weight excluding hydrogens is 500 g/mol. The zero-order chi connectivity index (χ0) is 26.7. The van der Waals surface area contributed by atoms with E-state index in [1.807, 2.05) is 37.3 Å². The number of para-hydroxylation sites is 1. The zero-order valence-electron chi connectivity index (χ0n) is 20.5. The number of carbonyl (C=O) groups excluding carboxylic acids is 2. The second kappa shape index (κ2) is 10.3. The lowest BCUT2D eigenvalue weighted by molar-refractivity contribution is -0.119. The monoisotopic (exact) mass is 524 g/mol. The third kappa shape index (κ3) is 5.05. The Labute approximate surface area is 220 Å². The Morgan fingerprint density at radius 2 is 1.47 bits per heavy atom. The summed E-state index contributed by atoms with van der Waals surface area (Å²) < 4.78 is 28.5. The molecule has 0 spiro atoms. The van der Waals surface area contributed by atoms with E-state index in [2.05, 4.69) is 15.8 Å². The van der Waals surface area contributed by atoms with Crippen molar-refractivity contribution in [2.24, 2.45) is 5.10 Å². The second-order valence-electron chi connectivity index (χ2n) is 8.73. The van der Waals surface area contributed by atoms with Crippen molar-refractivity contribution in [2.75, 3.05) is 16.2 Å². The van der Waals surface area contributed by atoms with Gasteiger partial charge in [-0.1, -0.05) is 78.4 Å². The molecule has 5 rings (SSSR count). The van der Waals surface area contributed by atoms with Gasteiger partial charge in [0.15, 0.2) is 5.71 Å². The molecule has 0 bridgehead atoms. The summed E-state index contributed by atoms with van der Waals surface area (Å²) in [6, 6.07) is 29.9. The van der Waals surface area contributed by atoms with E-state index in [-0.39, 0.29) is 10.6 Å². The molecule has 4 aromatic rings. The maximum Gasteiger partial charge on any atom is 0.276 e. The summed E-state index contributed by atoms with van der Waals surface area (Å²) in [5, 5.41) is 6.67. The first kappa shape index (κ1) is 24.9. The Morgan fingerprint density at radius 1 is 0.842 bits per heavy atom. The summed E-state index contributed by atoms with van der Waals surface area (Å²) in [6.07, 6.45) is 0. The standard InChI is InChI=1S/C29H24N4O4S/c1-20-11-15-23(16-12-20)33(19-27(34)31-32-28-25-9-5-6-10-26(25)30-29(28)35)38(36,37)24-17-13-22(14-18-24)21-7-3-2-4-8-21/h2-18H,19H2,1H3,(H,31,34)(H,30,32,35). The molecule has 0 aliphatic carbocycles. The first-order valence-corrected chi connectivity index (χ1v) is 13.3. The SMILES string of the molecule is Cc1ccc(N(CC(=O)N/N=C2\C(=O)Nc3ccccc32)S(=O)(=O)c2ccc(-c3ccccc3)cc2)cc1. The number of benzene rings is 4. The molecule has 2 N–H and O–H groups in total. The number of carbonyl (C=O) groups is 2. The van der Waals surface area contributed by atoms with Crippen LogP contribution in [0.1, 0.15) is 11.1 Å². The number of hydrogen-bond donors (Lipinski definition) is 2. The molecule has 8 nitrogen and oxygen atoms in total. The minimum atomic E-state index is -4.11. The van der Waals surface area contributed by atoms with Crippen LogP contribution in [0.4, 0.5) is 11.4 Å². The Balaban J connectivity index is 1.42. The molecule has 0 aromatic heterocycles. The minimum Gasteiger partial charge on any atom is -0.320 e. The maximum atomic E-state index is 13.7. The van der Waals surface area contributed by atoms with Crippen LogP contribution < -0.4 is 15.0 Å². The van der Waals surface area contributed by atoms with Gasteiger partial charge < -0.3 is 5.32 Å². The first-order chi connectivity index (χ1) is 18.3. The quantitative estimate of drug-likeness (QED) is 0.351. The van der Waals surface area contributed by atoms with E-state index in [9.17, 15) is 18.0 Å². The highest BCUT2D eigenvalue weighted by Crippen LogP contribution is 2.27. The molecule has 190 valence electrons. The molecule has 4 aromatic carbocycles. The van der Waals surface area contributed by atoms with Gasteiger partial charge in [-0.3, -0.25) is 13.9 Å². The van der Waals surface area contributed by atoms with E-state index in [1.54, 1.807) is 60.7 Å². The largest absolute Gasteiger partial charge is 0.320 e. The first-order valence-electron chi connectivity index (χ1n) is 11.8. The number of rotatable bonds is 7. The molecule has 9 heteroatoms. The van der Waals surface area contributed by atoms with Crippen LogP contribution in [0, 0.1) is 6.92 Å². The number of hydrogen-bond acceptors (Lipinski definition) is 5. The van der Waals surface area contributed by atoms with Gasteiger partial charge in [0.05, 0.1) is 16.3 Å². The number of sulfonamides is 1. The molecule has 38 heavy (non-hydrogen) atoms.